The first-order chi connectivity index (χ1) is 10.2. The third-order valence-electron chi connectivity index (χ3n) is 3.27. The summed E-state index contributed by atoms with van der Waals surface area (Å²) >= 11 is 0. The number of benzene rings is 1. The quantitative estimate of drug-likeness (QED) is 0.520. The summed E-state index contributed by atoms with van der Waals surface area (Å²) in [5.41, 5.74) is 3.62. The van der Waals surface area contributed by atoms with Crippen LogP contribution in [-0.4, -0.2) is 26.4 Å². The Kier molecular flexibility index (Phi) is 7.88. The van der Waals surface area contributed by atoms with Crippen molar-refractivity contribution >= 4 is 18.0 Å². The molecule has 0 unspecified atom stereocenters. The molecule has 1 rings (SSSR count). The minimum atomic E-state index is 1.04. The van der Waals surface area contributed by atoms with E-state index in [1.54, 1.807) is 7.05 Å². The van der Waals surface area contributed by atoms with Gasteiger partial charge in [-0.2, -0.15) is 0 Å². The summed E-state index contributed by atoms with van der Waals surface area (Å²) < 4.78 is 0. The van der Waals surface area contributed by atoms with E-state index in [4.69, 9.17) is 0 Å². The van der Waals surface area contributed by atoms with Crippen molar-refractivity contribution in [2.24, 2.45) is 4.99 Å². The second-order valence-electron chi connectivity index (χ2n) is 4.67. The number of hydrogen-bond donors (Lipinski definition) is 0. The minimum absolute atomic E-state index is 1.04. The van der Waals surface area contributed by atoms with Gasteiger partial charge >= 0.3 is 0 Å². The van der Waals surface area contributed by atoms with Crippen molar-refractivity contribution in [3.63, 3.8) is 0 Å². The van der Waals surface area contributed by atoms with Crippen LogP contribution in [0.3, 0.4) is 0 Å². The lowest BCUT2D eigenvalue weighted by Gasteiger charge is -2.20. The predicted octanol–water partition coefficient (Wildman–Crippen LogP) is 4.75. The average Bonchev–Trinajstić information content (AvgIpc) is 2.52. The fourth-order valence-electron chi connectivity index (χ4n) is 2.10. The van der Waals surface area contributed by atoms with Crippen molar-refractivity contribution in [2.45, 2.75) is 20.8 Å². The highest BCUT2D eigenvalue weighted by Gasteiger charge is 1.99. The van der Waals surface area contributed by atoms with Crippen LogP contribution in [0.4, 0.5) is 5.69 Å². The molecule has 0 fully saturated rings. The topological polar surface area (TPSA) is 15.6 Å². The highest BCUT2D eigenvalue weighted by molar-refractivity contribution is 5.75. The molecular weight excluding hydrogens is 256 g/mol. The summed E-state index contributed by atoms with van der Waals surface area (Å²) in [6, 6.07) is 8.68. The van der Waals surface area contributed by atoms with E-state index < -0.39 is 0 Å². The van der Waals surface area contributed by atoms with Crippen LogP contribution in [0, 0.1) is 0 Å². The van der Waals surface area contributed by atoms with Crippen molar-refractivity contribution in [2.75, 3.05) is 25.0 Å². The number of anilines is 1. The molecule has 0 heterocycles. The summed E-state index contributed by atoms with van der Waals surface area (Å²) in [5.74, 6) is 0. The van der Waals surface area contributed by atoms with Crippen LogP contribution in [0.25, 0.3) is 6.08 Å². The van der Waals surface area contributed by atoms with Gasteiger partial charge in [-0.3, -0.25) is 4.99 Å². The van der Waals surface area contributed by atoms with E-state index in [2.05, 4.69) is 66.2 Å². The number of rotatable bonds is 7. The Morgan fingerprint density at radius 1 is 1.10 bits per heavy atom. The van der Waals surface area contributed by atoms with Gasteiger partial charge < -0.3 is 4.90 Å². The average molecular weight is 282 g/mol. The summed E-state index contributed by atoms with van der Waals surface area (Å²) in [5, 5.41) is 0. The fourth-order valence-corrected chi connectivity index (χ4v) is 2.10. The molecule has 0 aliphatic rings. The second kappa shape index (κ2) is 9.76. The Labute approximate surface area is 129 Å². The van der Waals surface area contributed by atoms with Gasteiger partial charge in [0.05, 0.1) is 0 Å². The summed E-state index contributed by atoms with van der Waals surface area (Å²) in [4.78, 5) is 6.33. The standard InChI is InChI=1S/C19H26N2/c1-5-8-17(15-16-20-4)9-10-18-11-13-19(14-12-18)21(6-2)7-3/h5,8-16H,6-7H2,1-4H3/b8-5-,10-9+,17-15+,20-16?. The maximum Gasteiger partial charge on any atom is 0.0366 e. The second-order valence-corrected chi connectivity index (χ2v) is 4.67. The Hall–Kier alpha value is -2.09. The number of nitrogens with zero attached hydrogens (tertiary/aromatic N) is 2. The maximum absolute atomic E-state index is 3.99. The number of aliphatic imine (C=N–C) groups is 1. The molecule has 0 spiro atoms. The first-order valence-electron chi connectivity index (χ1n) is 7.53. The zero-order valence-electron chi connectivity index (χ0n) is 13.6. The van der Waals surface area contributed by atoms with Crippen LogP contribution in [0.5, 0.6) is 0 Å². The lowest BCUT2D eigenvalue weighted by molar-refractivity contribution is 0.866. The molecule has 0 saturated heterocycles. The normalized spacial score (nSPS) is 12.9. The van der Waals surface area contributed by atoms with Crippen molar-refractivity contribution < 1.29 is 0 Å². The van der Waals surface area contributed by atoms with Gasteiger partial charge in [0.1, 0.15) is 0 Å². The molecule has 2 heteroatoms. The molecule has 112 valence electrons. The molecule has 0 bridgehead atoms. The van der Waals surface area contributed by atoms with Crippen molar-refractivity contribution in [1.82, 2.24) is 0 Å². The molecule has 0 atom stereocenters. The third kappa shape index (κ3) is 5.82. The Bertz CT molecular complexity index is 515. The van der Waals surface area contributed by atoms with E-state index in [-0.39, 0.29) is 0 Å². The molecule has 1 aromatic carbocycles. The number of allylic oxidation sites excluding steroid dienone is 5. The van der Waals surface area contributed by atoms with Gasteiger partial charge in [0.25, 0.3) is 0 Å². The van der Waals surface area contributed by atoms with E-state index in [9.17, 15) is 0 Å². The molecule has 0 aliphatic heterocycles. The van der Waals surface area contributed by atoms with Crippen LogP contribution in [0.15, 0.2) is 59.1 Å². The van der Waals surface area contributed by atoms with Gasteiger partial charge in [-0.25, -0.2) is 0 Å². The van der Waals surface area contributed by atoms with Crippen molar-refractivity contribution in [1.29, 1.82) is 0 Å². The fraction of sp³-hybridized carbons (Fsp3) is 0.316. The highest BCUT2D eigenvalue weighted by Crippen LogP contribution is 2.16. The zero-order chi connectivity index (χ0) is 15.5. The molecule has 0 amide bonds. The van der Waals surface area contributed by atoms with Gasteiger partial charge in [0.15, 0.2) is 0 Å². The van der Waals surface area contributed by atoms with Gasteiger partial charge in [0.2, 0.25) is 0 Å². The van der Waals surface area contributed by atoms with Gasteiger partial charge in [0, 0.05) is 32.0 Å². The van der Waals surface area contributed by atoms with Crippen LogP contribution >= 0.6 is 0 Å². The molecule has 2 nitrogen and oxygen atoms in total. The Morgan fingerprint density at radius 3 is 2.29 bits per heavy atom. The van der Waals surface area contributed by atoms with Gasteiger partial charge in [-0.05, 0) is 50.1 Å². The maximum atomic E-state index is 3.99. The highest BCUT2D eigenvalue weighted by atomic mass is 15.1. The largest absolute Gasteiger partial charge is 0.372 e. The van der Waals surface area contributed by atoms with E-state index in [1.807, 2.05) is 25.3 Å². The smallest absolute Gasteiger partial charge is 0.0366 e. The lowest BCUT2D eigenvalue weighted by Crippen LogP contribution is -2.21. The van der Waals surface area contributed by atoms with Gasteiger partial charge in [-0.15, -0.1) is 0 Å². The van der Waals surface area contributed by atoms with E-state index in [1.165, 1.54) is 11.3 Å². The minimum Gasteiger partial charge on any atom is -0.372 e. The molecular formula is C19H26N2. The van der Waals surface area contributed by atoms with Crippen LogP contribution < -0.4 is 4.90 Å². The van der Waals surface area contributed by atoms with Gasteiger partial charge in [-0.1, -0.05) is 36.4 Å². The Morgan fingerprint density at radius 2 is 1.76 bits per heavy atom. The summed E-state index contributed by atoms with van der Waals surface area (Å²) in [6.07, 6.45) is 12.1. The zero-order valence-corrected chi connectivity index (χ0v) is 13.6. The SMILES string of the molecule is C\C=C/C(/C=C/c1ccc(N(CC)CC)cc1)=C\C=NC. The van der Waals surface area contributed by atoms with E-state index in [0.29, 0.717) is 0 Å². The monoisotopic (exact) mass is 282 g/mol. The Balaban J connectivity index is 2.85. The first-order valence-corrected chi connectivity index (χ1v) is 7.53. The predicted molar refractivity (Wildman–Crippen MR) is 96.4 cm³/mol. The molecule has 0 aromatic heterocycles. The van der Waals surface area contributed by atoms with Crippen LogP contribution in [-0.2, 0) is 0 Å². The molecule has 0 aliphatic carbocycles. The van der Waals surface area contributed by atoms with Crippen LogP contribution in [0.2, 0.25) is 0 Å². The number of hydrogen-bond acceptors (Lipinski definition) is 2. The molecule has 0 N–H and O–H groups in total. The molecule has 1 aromatic rings. The van der Waals surface area contributed by atoms with Crippen LogP contribution in [0.1, 0.15) is 26.3 Å². The third-order valence-corrected chi connectivity index (χ3v) is 3.27. The van der Waals surface area contributed by atoms with E-state index >= 15 is 0 Å². The first kappa shape index (κ1) is 17.0. The van der Waals surface area contributed by atoms with Crippen molar-refractivity contribution in [3.05, 3.63) is 59.7 Å². The van der Waals surface area contributed by atoms with E-state index in [0.717, 1.165) is 18.7 Å². The summed E-state index contributed by atoms with van der Waals surface area (Å²) in [6.45, 7) is 8.46. The summed E-state index contributed by atoms with van der Waals surface area (Å²) in [7, 11) is 1.78. The molecule has 0 radical (unpaired) electrons. The molecule has 0 saturated carbocycles. The molecule has 21 heavy (non-hydrogen) atoms. The lowest BCUT2D eigenvalue weighted by atomic mass is 10.1. The van der Waals surface area contributed by atoms with Crippen molar-refractivity contribution in [3.8, 4) is 0 Å².